The number of hydrogen-bond donors (Lipinski definition) is 1. The molecule has 1 rings (SSSR count). The summed E-state index contributed by atoms with van der Waals surface area (Å²) in [5.74, 6) is 0.390. The number of amides is 1. The molecular weight excluding hydrogens is 298 g/mol. The third kappa shape index (κ3) is 6.65. The van der Waals surface area contributed by atoms with Crippen molar-refractivity contribution in [3.8, 4) is 0 Å². The van der Waals surface area contributed by atoms with Crippen molar-refractivity contribution >= 4 is 17.3 Å². The minimum absolute atomic E-state index is 0.0124. The first-order valence-corrected chi connectivity index (χ1v) is 7.69. The zero-order valence-corrected chi connectivity index (χ0v) is 13.9. The van der Waals surface area contributed by atoms with Gasteiger partial charge in [0.15, 0.2) is 0 Å². The van der Waals surface area contributed by atoms with Gasteiger partial charge in [-0.2, -0.15) is 0 Å². The van der Waals surface area contributed by atoms with Crippen molar-refractivity contribution in [1.82, 2.24) is 4.90 Å². The van der Waals surface area contributed by atoms with E-state index in [2.05, 4.69) is 19.2 Å². The second kappa shape index (κ2) is 9.78. The van der Waals surface area contributed by atoms with Crippen LogP contribution in [0.15, 0.2) is 24.3 Å². The molecule has 0 unspecified atom stereocenters. The fourth-order valence-electron chi connectivity index (χ4n) is 2.20. The summed E-state index contributed by atoms with van der Waals surface area (Å²) in [5.41, 5.74) is 0.441. The maximum atomic E-state index is 12.3. The van der Waals surface area contributed by atoms with Gasteiger partial charge in [0, 0.05) is 39.2 Å². The lowest BCUT2D eigenvalue weighted by Crippen LogP contribution is -2.37. The van der Waals surface area contributed by atoms with E-state index in [1.54, 1.807) is 30.2 Å². The zero-order valence-electron chi connectivity index (χ0n) is 13.9. The Morgan fingerprint density at radius 1 is 1.39 bits per heavy atom. The van der Waals surface area contributed by atoms with Gasteiger partial charge in [-0.25, -0.2) is 0 Å². The lowest BCUT2D eigenvalue weighted by molar-refractivity contribution is -0.384. The van der Waals surface area contributed by atoms with Gasteiger partial charge in [-0.15, -0.1) is 0 Å². The second-order valence-electron chi connectivity index (χ2n) is 5.68. The van der Waals surface area contributed by atoms with E-state index in [1.165, 1.54) is 6.07 Å². The molecule has 0 heterocycles. The van der Waals surface area contributed by atoms with E-state index in [0.29, 0.717) is 37.8 Å². The van der Waals surface area contributed by atoms with Crippen LogP contribution >= 0.6 is 0 Å². The molecule has 23 heavy (non-hydrogen) atoms. The van der Waals surface area contributed by atoms with Crippen LogP contribution in [0.25, 0.3) is 0 Å². The van der Waals surface area contributed by atoms with Crippen molar-refractivity contribution in [3.05, 3.63) is 34.4 Å². The molecule has 0 aliphatic rings. The minimum Gasteiger partial charge on any atom is -0.383 e. The fraction of sp³-hybridized carbons (Fsp3) is 0.562. The number of carbonyl (C=O) groups excluding carboxylic acids is 1. The van der Waals surface area contributed by atoms with Crippen molar-refractivity contribution in [2.24, 2.45) is 5.92 Å². The summed E-state index contributed by atoms with van der Waals surface area (Å²) < 4.78 is 5.04. The average molecular weight is 323 g/mol. The van der Waals surface area contributed by atoms with Crippen LogP contribution in [0.5, 0.6) is 0 Å². The Morgan fingerprint density at radius 2 is 2.09 bits per heavy atom. The van der Waals surface area contributed by atoms with Crippen LogP contribution in [0, 0.1) is 16.0 Å². The van der Waals surface area contributed by atoms with Crippen LogP contribution in [0.3, 0.4) is 0 Å². The monoisotopic (exact) mass is 323 g/mol. The molecule has 0 saturated heterocycles. The van der Waals surface area contributed by atoms with E-state index in [-0.39, 0.29) is 18.0 Å². The van der Waals surface area contributed by atoms with Gasteiger partial charge < -0.3 is 15.0 Å². The first kappa shape index (κ1) is 18.9. The van der Waals surface area contributed by atoms with Gasteiger partial charge in [0.25, 0.3) is 5.69 Å². The molecule has 0 spiro atoms. The first-order chi connectivity index (χ1) is 11.0. The highest BCUT2D eigenvalue weighted by atomic mass is 16.6. The Balaban J connectivity index is 2.55. The van der Waals surface area contributed by atoms with Crippen molar-refractivity contribution in [2.45, 2.75) is 20.3 Å². The van der Waals surface area contributed by atoms with Gasteiger partial charge in [-0.05, 0) is 12.0 Å². The molecule has 1 aromatic carbocycles. The quantitative estimate of drug-likeness (QED) is 0.528. The highest BCUT2D eigenvalue weighted by Crippen LogP contribution is 2.22. The summed E-state index contributed by atoms with van der Waals surface area (Å²) in [6.45, 7) is 6.19. The van der Waals surface area contributed by atoms with Crippen LogP contribution < -0.4 is 5.32 Å². The number of para-hydroxylation sites is 2. The van der Waals surface area contributed by atoms with E-state index in [4.69, 9.17) is 4.74 Å². The molecule has 0 radical (unpaired) electrons. The standard InChI is InChI=1S/C16H25N3O4/c1-13(2)12-18(10-11-23-3)16(20)8-9-17-14-6-4-5-7-15(14)19(21)22/h4-7,13,17H,8-12H2,1-3H3. The fourth-order valence-corrected chi connectivity index (χ4v) is 2.20. The predicted molar refractivity (Wildman–Crippen MR) is 89.5 cm³/mol. The topological polar surface area (TPSA) is 84.7 Å². The molecule has 128 valence electrons. The molecule has 0 saturated carbocycles. The molecule has 0 aliphatic heterocycles. The highest BCUT2D eigenvalue weighted by Gasteiger charge is 2.16. The van der Waals surface area contributed by atoms with Crippen LogP contribution in [0.4, 0.5) is 11.4 Å². The summed E-state index contributed by atoms with van der Waals surface area (Å²) in [4.78, 5) is 24.6. The number of methoxy groups -OCH3 is 1. The molecule has 0 bridgehead atoms. The van der Waals surface area contributed by atoms with Gasteiger partial charge in [0.2, 0.25) is 5.91 Å². The van der Waals surface area contributed by atoms with Crippen molar-refractivity contribution in [1.29, 1.82) is 0 Å². The zero-order chi connectivity index (χ0) is 17.2. The van der Waals surface area contributed by atoms with Gasteiger partial charge in [0.05, 0.1) is 11.5 Å². The number of benzene rings is 1. The normalized spacial score (nSPS) is 10.6. The maximum absolute atomic E-state index is 12.3. The van der Waals surface area contributed by atoms with Crippen molar-refractivity contribution in [2.75, 3.05) is 38.7 Å². The lowest BCUT2D eigenvalue weighted by atomic mass is 10.2. The number of ether oxygens (including phenoxy) is 1. The number of hydrogen-bond acceptors (Lipinski definition) is 5. The van der Waals surface area contributed by atoms with E-state index < -0.39 is 4.92 Å². The van der Waals surface area contributed by atoms with Crippen LogP contribution in [-0.4, -0.2) is 49.1 Å². The van der Waals surface area contributed by atoms with E-state index >= 15 is 0 Å². The molecule has 0 aromatic heterocycles. The number of nitrogens with zero attached hydrogens (tertiary/aromatic N) is 2. The van der Waals surface area contributed by atoms with Gasteiger partial charge in [-0.3, -0.25) is 14.9 Å². The van der Waals surface area contributed by atoms with E-state index in [0.717, 1.165) is 0 Å². The second-order valence-corrected chi connectivity index (χ2v) is 5.68. The molecule has 1 amide bonds. The Bertz CT molecular complexity index is 520. The number of nitro benzene ring substituents is 1. The van der Waals surface area contributed by atoms with Crippen LogP contribution in [-0.2, 0) is 9.53 Å². The molecule has 1 N–H and O–H groups in total. The smallest absolute Gasteiger partial charge is 0.292 e. The summed E-state index contributed by atoms with van der Waals surface area (Å²) in [5, 5.41) is 13.9. The summed E-state index contributed by atoms with van der Waals surface area (Å²) in [6.07, 6.45) is 0.280. The maximum Gasteiger partial charge on any atom is 0.292 e. The Morgan fingerprint density at radius 3 is 2.70 bits per heavy atom. The Hall–Kier alpha value is -2.15. The summed E-state index contributed by atoms with van der Waals surface area (Å²) in [6, 6.07) is 6.41. The Labute approximate surface area is 136 Å². The molecule has 1 aromatic rings. The highest BCUT2D eigenvalue weighted by molar-refractivity contribution is 5.77. The molecule has 0 aliphatic carbocycles. The number of rotatable bonds is 10. The van der Waals surface area contributed by atoms with Crippen LogP contribution in [0.2, 0.25) is 0 Å². The van der Waals surface area contributed by atoms with Crippen molar-refractivity contribution < 1.29 is 14.5 Å². The first-order valence-electron chi connectivity index (χ1n) is 7.69. The molecule has 0 atom stereocenters. The third-order valence-corrected chi connectivity index (χ3v) is 3.26. The third-order valence-electron chi connectivity index (χ3n) is 3.26. The molecule has 7 nitrogen and oxygen atoms in total. The minimum atomic E-state index is -0.437. The molecule has 0 fully saturated rings. The largest absolute Gasteiger partial charge is 0.383 e. The number of nitro groups is 1. The molecule has 7 heteroatoms. The number of anilines is 1. The van der Waals surface area contributed by atoms with E-state index in [1.807, 2.05) is 0 Å². The van der Waals surface area contributed by atoms with Gasteiger partial charge in [-0.1, -0.05) is 26.0 Å². The summed E-state index contributed by atoms with van der Waals surface area (Å²) in [7, 11) is 1.61. The van der Waals surface area contributed by atoms with Gasteiger partial charge in [0.1, 0.15) is 5.69 Å². The van der Waals surface area contributed by atoms with Crippen LogP contribution in [0.1, 0.15) is 20.3 Å². The summed E-state index contributed by atoms with van der Waals surface area (Å²) >= 11 is 0. The predicted octanol–water partition coefficient (Wildman–Crippen LogP) is 2.53. The number of nitrogens with one attached hydrogen (secondary N) is 1. The van der Waals surface area contributed by atoms with Gasteiger partial charge >= 0.3 is 0 Å². The number of carbonyl (C=O) groups is 1. The molecular formula is C16H25N3O4. The lowest BCUT2D eigenvalue weighted by Gasteiger charge is -2.24. The van der Waals surface area contributed by atoms with E-state index in [9.17, 15) is 14.9 Å². The Kier molecular flexibility index (Phi) is 8.04. The SMILES string of the molecule is COCCN(CC(C)C)C(=O)CCNc1ccccc1[N+](=O)[O-]. The average Bonchev–Trinajstić information content (AvgIpc) is 2.51. The van der Waals surface area contributed by atoms with Crippen molar-refractivity contribution in [3.63, 3.8) is 0 Å².